The van der Waals surface area contributed by atoms with E-state index in [1.807, 2.05) is 18.2 Å². The molecule has 2 bridgehead atoms. The highest BCUT2D eigenvalue weighted by Gasteiger charge is 2.50. The Hall–Kier alpha value is -1.55. The molecule has 1 aliphatic carbocycles. The van der Waals surface area contributed by atoms with Gasteiger partial charge in [0.2, 0.25) is 0 Å². The molecule has 0 aromatic heterocycles. The maximum atomic E-state index is 13.2. The van der Waals surface area contributed by atoms with E-state index in [9.17, 15) is 4.79 Å². The second-order valence-electron chi connectivity index (χ2n) is 7.84. The van der Waals surface area contributed by atoms with Crippen LogP contribution in [0.3, 0.4) is 0 Å². The summed E-state index contributed by atoms with van der Waals surface area (Å²) in [4.78, 5) is 15.6. The first-order valence-corrected chi connectivity index (χ1v) is 10.3. The Morgan fingerprint density at radius 2 is 1.70 bits per heavy atom. The molecule has 2 aromatic rings. The van der Waals surface area contributed by atoms with E-state index in [0.29, 0.717) is 15.6 Å². The molecule has 1 amide bonds. The Bertz CT molecular complexity index is 811. The van der Waals surface area contributed by atoms with Crippen molar-refractivity contribution in [2.75, 3.05) is 13.6 Å². The molecule has 27 heavy (non-hydrogen) atoms. The minimum Gasteiger partial charge on any atom is -0.343 e. The zero-order valence-corrected chi connectivity index (χ0v) is 16.9. The Morgan fingerprint density at radius 1 is 1.07 bits per heavy atom. The third kappa shape index (κ3) is 3.37. The summed E-state index contributed by atoms with van der Waals surface area (Å²) in [7, 11) is 2.19. The number of amides is 1. The van der Waals surface area contributed by atoms with Crippen LogP contribution in [0, 0.1) is 5.92 Å². The van der Waals surface area contributed by atoms with Crippen LogP contribution in [0.1, 0.15) is 47.6 Å². The maximum Gasteiger partial charge on any atom is 0.254 e. The van der Waals surface area contributed by atoms with Crippen molar-refractivity contribution in [3.05, 3.63) is 69.7 Å². The summed E-state index contributed by atoms with van der Waals surface area (Å²) >= 11 is 12.6. The standard InChI is InChI=1S/C22H24Cl2N2O/c1-26-14-15-10-12-22(26,13-11-15)20(16-6-3-2-4-7-16)25-21(27)19-17(23)8-5-9-18(19)24/h2-9,15,20H,10-14H2,1H3,(H,25,27)/t15?,20-,22?/m1/s1. The second-order valence-corrected chi connectivity index (χ2v) is 8.66. The number of nitrogens with zero attached hydrogens (tertiary/aromatic N) is 1. The highest BCUT2D eigenvalue weighted by Crippen LogP contribution is 2.49. The summed E-state index contributed by atoms with van der Waals surface area (Å²) in [5.74, 6) is 0.567. The fraction of sp³-hybridized carbons (Fsp3) is 0.409. The van der Waals surface area contributed by atoms with E-state index in [1.54, 1.807) is 18.2 Å². The molecule has 2 aromatic carbocycles. The van der Waals surface area contributed by atoms with E-state index < -0.39 is 0 Å². The molecule has 3 aliphatic rings. The van der Waals surface area contributed by atoms with Gasteiger partial charge in [0, 0.05) is 12.1 Å². The van der Waals surface area contributed by atoms with Gasteiger partial charge in [-0.1, -0.05) is 59.6 Å². The zero-order chi connectivity index (χ0) is 19.0. The molecule has 5 heteroatoms. The molecular formula is C22H24Cl2N2O. The van der Waals surface area contributed by atoms with Gasteiger partial charge >= 0.3 is 0 Å². The number of fused-ring (bicyclic) bond motifs is 3. The van der Waals surface area contributed by atoms with Gasteiger partial charge in [-0.25, -0.2) is 0 Å². The number of hydrogen-bond donors (Lipinski definition) is 1. The lowest BCUT2D eigenvalue weighted by atomic mass is 9.66. The Balaban J connectivity index is 1.72. The van der Waals surface area contributed by atoms with E-state index in [4.69, 9.17) is 23.2 Å². The fourth-order valence-electron chi connectivity index (χ4n) is 4.91. The number of halogens is 2. The van der Waals surface area contributed by atoms with Gasteiger partial charge in [-0.15, -0.1) is 0 Å². The molecule has 2 heterocycles. The lowest BCUT2D eigenvalue weighted by molar-refractivity contribution is -0.0404. The van der Waals surface area contributed by atoms with E-state index in [-0.39, 0.29) is 17.5 Å². The summed E-state index contributed by atoms with van der Waals surface area (Å²) in [6.45, 7) is 1.09. The van der Waals surface area contributed by atoms with Crippen LogP contribution in [0.15, 0.2) is 48.5 Å². The number of rotatable bonds is 4. The number of carbonyl (C=O) groups excluding carboxylic acids is 1. The van der Waals surface area contributed by atoms with Gasteiger partial charge in [-0.2, -0.15) is 0 Å². The van der Waals surface area contributed by atoms with Gasteiger partial charge in [-0.05, 0) is 56.3 Å². The summed E-state index contributed by atoms with van der Waals surface area (Å²) in [6, 6.07) is 15.3. The lowest BCUT2D eigenvalue weighted by Crippen LogP contribution is -2.62. The summed E-state index contributed by atoms with van der Waals surface area (Å²) in [6.07, 6.45) is 4.61. The zero-order valence-electron chi connectivity index (χ0n) is 15.4. The van der Waals surface area contributed by atoms with Crippen molar-refractivity contribution in [1.82, 2.24) is 10.2 Å². The molecule has 2 aliphatic heterocycles. The quantitative estimate of drug-likeness (QED) is 0.748. The summed E-state index contributed by atoms with van der Waals surface area (Å²) in [5.41, 5.74) is 1.41. The van der Waals surface area contributed by atoms with Crippen molar-refractivity contribution in [2.45, 2.75) is 37.3 Å². The minimum atomic E-state index is -0.213. The van der Waals surface area contributed by atoms with E-state index >= 15 is 0 Å². The van der Waals surface area contributed by atoms with Gasteiger partial charge in [0.25, 0.3) is 5.91 Å². The van der Waals surface area contributed by atoms with Crippen LogP contribution in [0.4, 0.5) is 0 Å². The van der Waals surface area contributed by atoms with Crippen LogP contribution >= 0.6 is 23.2 Å². The Kier molecular flexibility index (Phi) is 5.19. The van der Waals surface area contributed by atoms with E-state index in [2.05, 4.69) is 29.4 Å². The number of piperidine rings is 2. The lowest BCUT2D eigenvalue weighted by Gasteiger charge is -2.57. The van der Waals surface area contributed by atoms with Gasteiger partial charge in [-0.3, -0.25) is 9.69 Å². The van der Waals surface area contributed by atoms with Crippen LogP contribution in [-0.2, 0) is 0 Å². The molecule has 142 valence electrons. The number of nitrogens with one attached hydrogen (secondary N) is 1. The molecule has 0 radical (unpaired) electrons. The molecule has 0 spiro atoms. The monoisotopic (exact) mass is 402 g/mol. The first kappa shape index (κ1) is 18.8. The Labute approximate surface area is 170 Å². The van der Waals surface area contributed by atoms with Crippen molar-refractivity contribution in [2.24, 2.45) is 5.92 Å². The van der Waals surface area contributed by atoms with Crippen LogP contribution < -0.4 is 5.32 Å². The molecule has 1 N–H and O–H groups in total. The van der Waals surface area contributed by atoms with Crippen LogP contribution in [0.5, 0.6) is 0 Å². The highest BCUT2D eigenvalue weighted by atomic mass is 35.5. The number of benzene rings is 2. The first-order chi connectivity index (χ1) is 13.0. The predicted molar refractivity (Wildman–Crippen MR) is 110 cm³/mol. The van der Waals surface area contributed by atoms with E-state index in [0.717, 1.165) is 30.9 Å². The molecular weight excluding hydrogens is 379 g/mol. The van der Waals surface area contributed by atoms with Crippen molar-refractivity contribution >= 4 is 29.1 Å². The van der Waals surface area contributed by atoms with Crippen LogP contribution in [0.2, 0.25) is 10.0 Å². The fourth-order valence-corrected chi connectivity index (χ4v) is 5.48. The largest absolute Gasteiger partial charge is 0.343 e. The van der Waals surface area contributed by atoms with Gasteiger partial charge in [0.1, 0.15) is 0 Å². The van der Waals surface area contributed by atoms with Gasteiger partial charge in [0.15, 0.2) is 0 Å². The van der Waals surface area contributed by atoms with Crippen molar-refractivity contribution in [3.8, 4) is 0 Å². The molecule has 0 unspecified atom stereocenters. The SMILES string of the molecule is CN1CC2CCC1([C@H](NC(=O)c1c(Cl)cccc1Cl)c1ccccc1)CC2. The van der Waals surface area contributed by atoms with Crippen molar-refractivity contribution < 1.29 is 4.79 Å². The van der Waals surface area contributed by atoms with Gasteiger partial charge in [0.05, 0.1) is 21.7 Å². The topological polar surface area (TPSA) is 32.3 Å². The molecule has 3 fully saturated rings. The first-order valence-electron chi connectivity index (χ1n) is 9.52. The smallest absolute Gasteiger partial charge is 0.254 e. The Morgan fingerprint density at radius 3 is 2.30 bits per heavy atom. The number of likely N-dealkylation sites (N-methyl/N-ethyl adjacent to an activating group) is 1. The van der Waals surface area contributed by atoms with Crippen molar-refractivity contribution in [1.29, 1.82) is 0 Å². The predicted octanol–water partition coefficient (Wildman–Crippen LogP) is 5.34. The normalized spacial score (nSPS) is 26.0. The second kappa shape index (κ2) is 7.46. The van der Waals surface area contributed by atoms with E-state index in [1.165, 1.54) is 12.8 Å². The third-order valence-electron chi connectivity index (χ3n) is 6.40. The minimum absolute atomic E-state index is 0.0699. The molecule has 1 atom stereocenters. The average molecular weight is 403 g/mol. The van der Waals surface area contributed by atoms with Crippen LogP contribution in [0.25, 0.3) is 0 Å². The maximum absolute atomic E-state index is 13.2. The number of carbonyl (C=O) groups is 1. The van der Waals surface area contributed by atoms with Crippen LogP contribution in [-0.4, -0.2) is 29.9 Å². The van der Waals surface area contributed by atoms with Crippen molar-refractivity contribution in [3.63, 3.8) is 0 Å². The van der Waals surface area contributed by atoms with Gasteiger partial charge < -0.3 is 5.32 Å². The average Bonchev–Trinajstić information content (AvgIpc) is 2.67. The highest BCUT2D eigenvalue weighted by molar-refractivity contribution is 6.39. The molecule has 3 nitrogen and oxygen atoms in total. The molecule has 1 saturated carbocycles. The summed E-state index contributed by atoms with van der Waals surface area (Å²) < 4.78 is 0. The third-order valence-corrected chi connectivity index (χ3v) is 7.03. The molecule has 2 saturated heterocycles. The summed E-state index contributed by atoms with van der Waals surface area (Å²) in [5, 5.41) is 4.06. The number of hydrogen-bond acceptors (Lipinski definition) is 2. The molecule has 5 rings (SSSR count).